The SMILES string of the molecule is CCCCOC(=O)NS(=O)(=O)c1ccc(OC(F)(F)F)cc1-c1ccc(CN2CCN(C)C2=O)cn1.CCCCOC(=O)NS(=O)(=O)c1ccc(OC(F)(F)F)cc1-c1ccc(CN2CCN(C)CC2)cn1.CCCCOC(=O)NS(=O)(=O)c1ccc(OC(F)(F)F)cc1-c1ccc(CN2CCOCC2)cn1.CCCCOC(=O)NS(=O)(=O)c1ccc(OC(F)(F)F)cc1-c1ncc(Cn2ccnc2)s1. The van der Waals surface area contributed by atoms with E-state index < -0.39 is 132 Å². The lowest BCUT2D eigenvalue weighted by molar-refractivity contribution is -0.275. The van der Waals surface area contributed by atoms with E-state index in [4.69, 9.17) is 23.7 Å². The van der Waals surface area contributed by atoms with E-state index in [1.807, 2.05) is 27.7 Å². The van der Waals surface area contributed by atoms with Crippen LogP contribution in [0.1, 0.15) is 101 Å². The number of hydrogen-bond acceptors (Lipinski definition) is 31. The minimum absolute atomic E-state index is 0.00139. The van der Waals surface area contributed by atoms with Crippen LogP contribution >= 0.6 is 11.3 Å². The summed E-state index contributed by atoms with van der Waals surface area (Å²) in [5, 5.41) is 0.123. The van der Waals surface area contributed by atoms with Crippen molar-refractivity contribution in [3.05, 3.63) is 174 Å². The number of benzene rings is 4. The van der Waals surface area contributed by atoms with Crippen molar-refractivity contribution in [3.8, 4) is 67.3 Å². The van der Waals surface area contributed by atoms with Gasteiger partial charge in [-0.3, -0.25) is 24.8 Å². The van der Waals surface area contributed by atoms with Crippen LogP contribution in [-0.2, 0) is 90.0 Å². The maximum absolute atomic E-state index is 12.9. The molecule has 764 valence electrons. The van der Waals surface area contributed by atoms with E-state index in [-0.39, 0.29) is 83.3 Å². The van der Waals surface area contributed by atoms with E-state index in [2.05, 4.69) is 65.6 Å². The van der Waals surface area contributed by atoms with Crippen LogP contribution < -0.4 is 37.8 Å². The molecular formula is C86H99F12N15O22S5. The molecule has 3 aliphatic rings. The summed E-state index contributed by atoms with van der Waals surface area (Å²) in [7, 11) is -14.3. The number of urea groups is 1. The molecule has 3 fully saturated rings. The van der Waals surface area contributed by atoms with Crippen molar-refractivity contribution in [2.45, 2.75) is 150 Å². The molecular weight excluding hydrogens is 1980 g/mol. The summed E-state index contributed by atoms with van der Waals surface area (Å²) in [6, 6.07) is 19.9. The number of unbranched alkanes of at least 4 members (excludes halogenated alkanes) is 4. The van der Waals surface area contributed by atoms with E-state index in [1.165, 1.54) is 36.8 Å². The van der Waals surface area contributed by atoms with Crippen molar-refractivity contribution in [1.82, 2.24) is 72.9 Å². The Hall–Kier alpha value is -12.5. The van der Waals surface area contributed by atoms with Crippen molar-refractivity contribution in [2.24, 2.45) is 0 Å². The van der Waals surface area contributed by atoms with Gasteiger partial charge >= 0.3 is 55.9 Å². The number of nitrogens with zero attached hydrogens (tertiary/aromatic N) is 11. The topological polar surface area (TPSA) is 439 Å². The number of carbonyl (C=O) groups excluding carboxylic acids is 5. The molecule has 4 aromatic carbocycles. The highest BCUT2D eigenvalue weighted by Gasteiger charge is 2.38. The first-order chi connectivity index (χ1) is 66.0. The largest absolute Gasteiger partial charge is 0.573 e. The third-order valence-corrected chi connectivity index (χ3v) is 26.4. The fraction of sp³-hybridized carbons (Fsp3) is 0.419. The van der Waals surface area contributed by atoms with E-state index in [1.54, 1.807) is 83.4 Å². The summed E-state index contributed by atoms with van der Waals surface area (Å²) >= 11 is 1.07. The predicted octanol–water partition coefficient (Wildman–Crippen LogP) is 15.2. The Kier molecular flexibility index (Phi) is 40.2. The standard InChI is InChI=1S/C23H29F3N4O5S.C22H25F3N4O6S.C22H26F3N3O6S.C19H19F3N4O5S2/c1-3-4-13-34-22(31)28-36(32,33)21-8-6-18(35-23(24,25)26)14-19(21)20-7-5-17(15-27-20)16-30-11-9-29(2)10-12-30;1-3-4-11-34-20(30)27-36(32,33)19-8-6-16(35-22(23,24)25)12-17(19)18-7-5-15(13-26-18)14-29-10-9-28(2)21(29)31;1-2-3-10-33-21(29)27-35(30,31)20-7-5-17(34-22(23,24)25)13-18(20)19-6-4-16(14-26-19)15-28-8-11-32-12-9-28;1-2-3-8-30-18(27)25-33(28,29)16-5-4-13(31-19(20,21)22)9-15(16)17-24-10-14(32-17)11-26-7-6-23-12-26/h5-8,14-15H,3-4,9-13,16H2,1-2H3,(H,28,31);5-8,12-13H,3-4,9-11,14H2,1-2H3,(H,27,30);4-7,13-14H,2-3,8-12,15H2,1H3,(H,27,29);4-7,9-10,12H,2-3,8,11H2,1H3,(H,25,27). The molecule has 0 spiro atoms. The molecule has 0 atom stereocenters. The third-order valence-electron chi connectivity index (χ3n) is 19.9. The third kappa shape index (κ3) is 36.0. The maximum Gasteiger partial charge on any atom is 0.573 e. The number of carbonyl (C=O) groups is 5. The molecule has 0 unspecified atom stereocenters. The summed E-state index contributed by atoms with van der Waals surface area (Å²) in [5.41, 5.74) is 1.82. The average Bonchev–Trinajstić information content (AvgIpc) is 1.43. The number of hydrogen-bond donors (Lipinski definition) is 4. The number of sulfonamides is 4. The number of rotatable bonds is 36. The second-order valence-electron chi connectivity index (χ2n) is 30.8. The Balaban J connectivity index is 0.000000209. The molecule has 8 heterocycles. The number of aromatic nitrogens is 6. The molecule has 0 radical (unpaired) electrons. The van der Waals surface area contributed by atoms with Crippen molar-refractivity contribution >= 4 is 81.8 Å². The summed E-state index contributed by atoms with van der Waals surface area (Å²) in [5.74, 6) is -2.55. The van der Waals surface area contributed by atoms with E-state index >= 15 is 0 Å². The molecule has 5 aromatic heterocycles. The second-order valence-corrected chi connectivity index (χ2v) is 38.5. The Labute approximate surface area is 801 Å². The number of halogens is 12. The lowest BCUT2D eigenvalue weighted by Gasteiger charge is -2.32. The van der Waals surface area contributed by atoms with Gasteiger partial charge in [0.2, 0.25) is 0 Å². The first-order valence-corrected chi connectivity index (χ1v) is 49.6. The van der Waals surface area contributed by atoms with Gasteiger partial charge in [-0.25, -0.2) is 86.5 Å². The second kappa shape index (κ2) is 50.6. The van der Waals surface area contributed by atoms with Crippen LogP contribution in [0.2, 0.25) is 0 Å². The fourth-order valence-corrected chi connectivity index (χ4v) is 18.4. The maximum atomic E-state index is 12.9. The van der Waals surface area contributed by atoms with Crippen LogP contribution in [0, 0.1) is 0 Å². The number of thiazole rings is 1. The van der Waals surface area contributed by atoms with Crippen molar-refractivity contribution in [3.63, 3.8) is 0 Å². The number of nitrogens with one attached hydrogen (secondary N) is 4. The highest BCUT2D eigenvalue weighted by atomic mass is 32.2. The Morgan fingerprint density at radius 3 is 1.05 bits per heavy atom. The molecule has 6 amide bonds. The van der Waals surface area contributed by atoms with Gasteiger partial charge in [-0.2, -0.15) is 0 Å². The number of amides is 6. The molecule has 4 N–H and O–H groups in total. The van der Waals surface area contributed by atoms with Gasteiger partial charge in [0, 0.05) is 143 Å². The zero-order chi connectivity index (χ0) is 102. The lowest BCUT2D eigenvalue weighted by atomic mass is 10.1. The predicted molar refractivity (Wildman–Crippen MR) is 478 cm³/mol. The van der Waals surface area contributed by atoms with Gasteiger partial charge in [0.1, 0.15) is 28.0 Å². The smallest absolute Gasteiger partial charge is 0.449 e. The zero-order valence-electron chi connectivity index (χ0n) is 75.8. The van der Waals surface area contributed by atoms with Crippen molar-refractivity contribution in [2.75, 3.05) is 106 Å². The molecule has 54 heteroatoms. The first kappa shape index (κ1) is 111. The first-order valence-electron chi connectivity index (χ1n) is 42.9. The Bertz CT molecular complexity index is 6110. The van der Waals surface area contributed by atoms with Crippen LogP contribution in [0.4, 0.5) is 76.7 Å². The minimum atomic E-state index is -5.01. The lowest BCUT2D eigenvalue weighted by Crippen LogP contribution is -2.43. The number of imidazole rings is 1. The Morgan fingerprint density at radius 2 is 0.743 bits per heavy atom. The van der Waals surface area contributed by atoms with Crippen LogP contribution in [-0.4, -0.2) is 250 Å². The number of alkyl halides is 12. The molecule has 37 nitrogen and oxygen atoms in total. The van der Waals surface area contributed by atoms with Crippen LogP contribution in [0.15, 0.2) is 172 Å². The summed E-state index contributed by atoms with van der Waals surface area (Å²) in [6.07, 6.45) is -8.84. The molecule has 140 heavy (non-hydrogen) atoms. The minimum Gasteiger partial charge on any atom is -0.449 e. The normalized spacial score (nSPS) is 14.2. The van der Waals surface area contributed by atoms with Gasteiger partial charge in [-0.05, 0) is 140 Å². The van der Waals surface area contributed by atoms with Crippen LogP contribution in [0.3, 0.4) is 0 Å². The monoisotopic (exact) mass is 2080 g/mol. The number of likely N-dealkylation sites (N-methyl/N-ethyl adjacent to an activating group) is 2. The van der Waals surface area contributed by atoms with E-state index in [9.17, 15) is 110 Å². The quantitative estimate of drug-likeness (QED) is 0.0161. The number of ether oxygens (including phenoxy) is 9. The van der Waals surface area contributed by atoms with Gasteiger partial charge in [-0.15, -0.1) is 64.0 Å². The van der Waals surface area contributed by atoms with E-state index in [0.717, 1.165) is 160 Å². The summed E-state index contributed by atoms with van der Waals surface area (Å²) in [4.78, 5) is 89.3. The molecule has 9 aromatic rings. The van der Waals surface area contributed by atoms with Crippen molar-refractivity contribution < 1.29 is 153 Å². The highest BCUT2D eigenvalue weighted by molar-refractivity contribution is 7.91. The fourth-order valence-electron chi connectivity index (χ4n) is 13.0. The van der Waals surface area contributed by atoms with E-state index in [0.29, 0.717) is 82.1 Å². The molecule has 12 rings (SSSR count). The molecule has 3 saturated heterocycles. The average molecular weight is 2080 g/mol. The van der Waals surface area contributed by atoms with Gasteiger partial charge in [0.05, 0.1) is 89.2 Å². The van der Waals surface area contributed by atoms with Gasteiger partial charge in [0.15, 0.2) is 0 Å². The van der Waals surface area contributed by atoms with Crippen LogP contribution in [0.5, 0.6) is 23.0 Å². The summed E-state index contributed by atoms with van der Waals surface area (Å²) in [6.45, 7) is 16.9. The van der Waals surface area contributed by atoms with Gasteiger partial charge < -0.3 is 61.9 Å². The zero-order valence-corrected chi connectivity index (χ0v) is 79.9. The molecule has 0 aliphatic carbocycles. The van der Waals surface area contributed by atoms with Gasteiger partial charge in [-0.1, -0.05) is 71.6 Å². The Morgan fingerprint density at radius 1 is 0.407 bits per heavy atom. The summed E-state index contributed by atoms with van der Waals surface area (Å²) < 4.78 is 305. The number of piperazine rings is 1. The number of morpholine rings is 1. The molecule has 3 aliphatic heterocycles. The van der Waals surface area contributed by atoms with Gasteiger partial charge in [0.25, 0.3) is 40.1 Å². The van der Waals surface area contributed by atoms with Crippen molar-refractivity contribution in [1.29, 1.82) is 0 Å². The highest BCUT2D eigenvalue weighted by Crippen LogP contribution is 2.40. The molecule has 0 saturated carbocycles. The molecule has 0 bridgehead atoms. The number of pyridine rings is 3. The van der Waals surface area contributed by atoms with Crippen LogP contribution in [0.25, 0.3) is 44.3 Å².